The summed E-state index contributed by atoms with van der Waals surface area (Å²) in [6.45, 7) is -0.174. The Morgan fingerprint density at radius 2 is 0.538 bits per heavy atom. The van der Waals surface area contributed by atoms with E-state index in [2.05, 4.69) is 211 Å². The second kappa shape index (κ2) is 28.9. The number of ether oxygens (including phenoxy) is 1. The molecule has 0 spiro atoms. The SMILES string of the molecule is O=C(OCc1ccccc1)[C@]1(c2ccc(N(c3ccc(-c4ccccc4-c4ccccc4)cc3)c3ccc(-c4ccccc4-c4ccccc4)cc3)cc2O)C(O)[C@@H](c2ccc(N(c3ccc(-c4ccccc4-c4ccccc4)cc3)c3ccc(-c4ccccc4-c4ccccc4)cc3)cc2O)[C@H]1O. The van der Waals surface area contributed by atoms with Gasteiger partial charge in [-0.3, -0.25) is 4.79 Å². The Morgan fingerprint density at radius 1 is 0.288 bits per heavy atom. The molecule has 4 N–H and O–H groups in total. The summed E-state index contributed by atoms with van der Waals surface area (Å²) in [6, 6.07) is 127. The monoisotopic (exact) mass is 1350 g/mol. The molecule has 1 saturated carbocycles. The van der Waals surface area contributed by atoms with Crippen LogP contribution in [0, 0.1) is 0 Å². The van der Waals surface area contributed by atoms with Gasteiger partial charge in [-0.05, 0) is 155 Å². The molecule has 15 aromatic carbocycles. The minimum absolute atomic E-state index is 0.0387. The van der Waals surface area contributed by atoms with Gasteiger partial charge in [0.25, 0.3) is 0 Å². The second-order valence-electron chi connectivity index (χ2n) is 26.3. The summed E-state index contributed by atoms with van der Waals surface area (Å²) in [6.07, 6.45) is -3.42. The molecule has 1 aliphatic carbocycles. The van der Waals surface area contributed by atoms with Crippen molar-refractivity contribution in [2.75, 3.05) is 9.80 Å². The second-order valence-corrected chi connectivity index (χ2v) is 26.3. The fourth-order valence-corrected chi connectivity index (χ4v) is 15.1. The lowest BCUT2D eigenvalue weighted by Gasteiger charge is -2.55. The highest BCUT2D eigenvalue weighted by Gasteiger charge is 2.69. The molecule has 0 heterocycles. The number of rotatable bonds is 19. The van der Waals surface area contributed by atoms with E-state index >= 15 is 4.79 Å². The van der Waals surface area contributed by atoms with Crippen molar-refractivity contribution in [1.82, 2.24) is 0 Å². The molecule has 8 heteroatoms. The quantitative estimate of drug-likeness (QED) is 0.0592. The van der Waals surface area contributed by atoms with Crippen LogP contribution >= 0.6 is 0 Å². The molecule has 4 atom stereocenters. The predicted molar refractivity (Wildman–Crippen MR) is 422 cm³/mol. The molecule has 0 radical (unpaired) electrons. The van der Waals surface area contributed by atoms with E-state index in [1.54, 1.807) is 30.3 Å². The number of hydrogen-bond acceptors (Lipinski definition) is 8. The van der Waals surface area contributed by atoms with Crippen molar-refractivity contribution in [2.45, 2.75) is 30.1 Å². The molecule has 15 aromatic rings. The minimum atomic E-state index is -2.23. The lowest BCUT2D eigenvalue weighted by Crippen LogP contribution is -2.70. The van der Waals surface area contributed by atoms with Gasteiger partial charge in [0.2, 0.25) is 0 Å². The van der Waals surface area contributed by atoms with Crippen LogP contribution in [0.2, 0.25) is 0 Å². The van der Waals surface area contributed by atoms with E-state index < -0.39 is 29.5 Å². The Morgan fingerprint density at radius 3 is 0.827 bits per heavy atom. The first-order chi connectivity index (χ1) is 51.2. The number of nitrogens with zero attached hydrogens (tertiary/aromatic N) is 2. The third-order valence-corrected chi connectivity index (χ3v) is 20.3. The number of aliphatic hydroxyl groups is 2. The van der Waals surface area contributed by atoms with E-state index in [0.29, 0.717) is 16.9 Å². The first kappa shape index (κ1) is 65.5. The first-order valence-corrected chi connectivity index (χ1v) is 35.0. The maximum absolute atomic E-state index is 15.3. The van der Waals surface area contributed by atoms with Gasteiger partial charge in [-0.15, -0.1) is 0 Å². The Labute approximate surface area is 605 Å². The fraction of sp³-hybridized carbons (Fsp3) is 0.0521. The zero-order valence-corrected chi connectivity index (χ0v) is 56.8. The van der Waals surface area contributed by atoms with Gasteiger partial charge < -0.3 is 35.0 Å². The van der Waals surface area contributed by atoms with Gasteiger partial charge >= 0.3 is 5.97 Å². The maximum Gasteiger partial charge on any atom is 0.322 e. The summed E-state index contributed by atoms with van der Waals surface area (Å²) in [5.74, 6) is -2.74. The normalized spacial score (nSPS) is 15.3. The first-order valence-electron chi connectivity index (χ1n) is 35.0. The van der Waals surface area contributed by atoms with Gasteiger partial charge in [0.15, 0.2) is 0 Å². The average molecular weight is 1350 g/mol. The molecule has 502 valence electrons. The number of carbonyl (C=O) groups excluding carboxylic acids is 1. The maximum atomic E-state index is 15.3. The van der Waals surface area contributed by atoms with Crippen LogP contribution in [0.4, 0.5) is 34.1 Å². The third kappa shape index (κ3) is 12.6. The highest BCUT2D eigenvalue weighted by Crippen LogP contribution is 2.58. The molecule has 1 aliphatic rings. The molecule has 0 saturated heterocycles. The predicted octanol–water partition coefficient (Wildman–Crippen LogP) is 22.9. The van der Waals surface area contributed by atoms with Crippen LogP contribution in [0.1, 0.15) is 22.6 Å². The van der Waals surface area contributed by atoms with Crippen molar-refractivity contribution in [1.29, 1.82) is 0 Å². The molecule has 16 rings (SSSR count). The van der Waals surface area contributed by atoms with Crippen LogP contribution in [0.15, 0.2) is 382 Å². The molecular formula is C96H72N2O6. The van der Waals surface area contributed by atoms with Crippen molar-refractivity contribution < 1.29 is 30.0 Å². The lowest BCUT2D eigenvalue weighted by atomic mass is 9.52. The molecule has 104 heavy (non-hydrogen) atoms. The lowest BCUT2D eigenvalue weighted by molar-refractivity contribution is -0.192. The number of phenols is 2. The Balaban J connectivity index is 0.762. The number of esters is 1. The zero-order valence-electron chi connectivity index (χ0n) is 56.8. The topological polar surface area (TPSA) is 114 Å². The van der Waals surface area contributed by atoms with Gasteiger partial charge in [-0.2, -0.15) is 0 Å². The van der Waals surface area contributed by atoms with Gasteiger partial charge in [-0.1, -0.05) is 309 Å². The molecule has 0 aliphatic heterocycles. The molecule has 1 fully saturated rings. The number of aliphatic hydroxyl groups excluding tert-OH is 2. The van der Waals surface area contributed by atoms with Crippen molar-refractivity contribution in [3.8, 4) is 101 Å². The largest absolute Gasteiger partial charge is 0.508 e. The molecule has 8 nitrogen and oxygen atoms in total. The van der Waals surface area contributed by atoms with Gasteiger partial charge in [0.1, 0.15) is 23.5 Å². The Hall–Kier alpha value is -13.1. The van der Waals surface area contributed by atoms with Crippen molar-refractivity contribution >= 4 is 40.1 Å². The smallest absolute Gasteiger partial charge is 0.322 e. The average Bonchev–Trinajstić information content (AvgIpc) is 0.690. The van der Waals surface area contributed by atoms with Crippen LogP contribution in [0.25, 0.3) is 89.0 Å². The Bertz CT molecular complexity index is 5240. The molecule has 0 bridgehead atoms. The molecule has 0 aromatic heterocycles. The van der Waals surface area contributed by atoms with E-state index in [9.17, 15) is 20.4 Å². The molecular weight excluding hydrogens is 1280 g/mol. The number of phenolic OH excluding ortho intramolecular Hbond substituents is 2. The van der Waals surface area contributed by atoms with Crippen LogP contribution in [-0.2, 0) is 21.6 Å². The standard InChI is InChI=1S/C96H72N2O6/c99-90-62-78(97(74-50-42-70(43-51-74)84-38-20-16-34-80(84)66-26-8-2-9-27-66)75-52-44-71(45-53-75)85-39-21-17-35-81(85)67-28-10-3-11-29-67)58-60-88(90)92-93(101)96(94(92)102,95(103)104-64-65-24-6-1-7-25-65)89-61-59-79(63-91(89)100)98(76-54-46-72(47-55-76)86-40-22-18-36-82(86)68-30-12-4-13-31-68)77-56-48-73(49-57-77)87-41-23-19-37-83(87)69-32-14-5-15-33-69/h1-63,92-94,99-102H,64H2/t92-,93+,94?,96-/m0/s1. The van der Waals surface area contributed by atoms with E-state index in [0.717, 1.165) is 112 Å². The van der Waals surface area contributed by atoms with Crippen LogP contribution < -0.4 is 9.80 Å². The number of hydrogen-bond donors (Lipinski definition) is 4. The number of benzene rings is 15. The summed E-state index contributed by atoms with van der Waals surface area (Å²) in [7, 11) is 0. The molecule has 1 unspecified atom stereocenters. The van der Waals surface area contributed by atoms with E-state index in [-0.39, 0.29) is 29.2 Å². The summed E-state index contributed by atoms with van der Waals surface area (Å²) in [5.41, 5.74) is 20.1. The summed E-state index contributed by atoms with van der Waals surface area (Å²) in [4.78, 5) is 19.4. The van der Waals surface area contributed by atoms with Crippen molar-refractivity contribution in [2.24, 2.45) is 0 Å². The fourth-order valence-electron chi connectivity index (χ4n) is 15.1. The highest BCUT2D eigenvalue weighted by atomic mass is 16.5. The summed E-state index contributed by atoms with van der Waals surface area (Å²) in [5, 5.41) is 51.4. The van der Waals surface area contributed by atoms with Crippen LogP contribution in [0.5, 0.6) is 11.5 Å². The number of aromatic hydroxyl groups is 2. The van der Waals surface area contributed by atoms with Crippen molar-refractivity contribution in [3.63, 3.8) is 0 Å². The number of carbonyl (C=O) groups is 1. The highest BCUT2D eigenvalue weighted by molar-refractivity contribution is 5.93. The van der Waals surface area contributed by atoms with E-state index in [4.69, 9.17) is 4.74 Å². The van der Waals surface area contributed by atoms with E-state index in [1.165, 1.54) is 0 Å². The van der Waals surface area contributed by atoms with Gasteiger partial charge in [0, 0.05) is 63.3 Å². The van der Waals surface area contributed by atoms with Crippen LogP contribution in [-0.4, -0.2) is 38.6 Å². The van der Waals surface area contributed by atoms with E-state index in [1.807, 2.05) is 150 Å². The zero-order chi connectivity index (χ0) is 70.5. The number of anilines is 6. The summed E-state index contributed by atoms with van der Waals surface area (Å²) >= 11 is 0. The minimum Gasteiger partial charge on any atom is -0.508 e. The van der Waals surface area contributed by atoms with Gasteiger partial charge in [0.05, 0.1) is 12.2 Å². The van der Waals surface area contributed by atoms with Gasteiger partial charge in [-0.25, -0.2) is 0 Å². The molecule has 0 amide bonds. The van der Waals surface area contributed by atoms with Crippen LogP contribution in [0.3, 0.4) is 0 Å². The third-order valence-electron chi connectivity index (χ3n) is 20.3. The van der Waals surface area contributed by atoms with Crippen molar-refractivity contribution in [3.05, 3.63) is 399 Å². The Kier molecular flexibility index (Phi) is 18.2. The summed E-state index contributed by atoms with van der Waals surface area (Å²) < 4.78 is 6.11.